The summed E-state index contributed by atoms with van der Waals surface area (Å²) in [6.07, 6.45) is 1.94. The Bertz CT molecular complexity index is 1080. The van der Waals surface area contributed by atoms with Crippen LogP contribution in [0, 0.1) is 18.6 Å². The van der Waals surface area contributed by atoms with Crippen LogP contribution in [-0.4, -0.2) is 62.6 Å². The van der Waals surface area contributed by atoms with Crippen LogP contribution >= 0.6 is 12.2 Å². The van der Waals surface area contributed by atoms with Crippen molar-refractivity contribution in [1.82, 2.24) is 24.0 Å². The minimum Gasteiger partial charge on any atom is -0.325 e. The number of hydrogen-bond donors (Lipinski definition) is 1. The third-order valence-corrected chi connectivity index (χ3v) is 5.94. The second-order valence-corrected chi connectivity index (χ2v) is 7.91. The number of aromatic nitrogens is 3. The molecule has 152 valence electrons. The molecule has 1 aliphatic rings. The van der Waals surface area contributed by atoms with Gasteiger partial charge in [-0.1, -0.05) is 18.2 Å². The lowest BCUT2D eigenvalue weighted by molar-refractivity contribution is -0.117. The highest BCUT2D eigenvalue weighted by Crippen LogP contribution is 2.18. The summed E-state index contributed by atoms with van der Waals surface area (Å²) in [4.78, 5) is 17.0. The summed E-state index contributed by atoms with van der Waals surface area (Å²) in [6, 6.07) is 11.9. The van der Waals surface area contributed by atoms with E-state index in [0.29, 0.717) is 18.0 Å². The van der Waals surface area contributed by atoms with Crippen LogP contribution in [0.25, 0.3) is 5.65 Å². The first-order valence-corrected chi connectivity index (χ1v) is 10.3. The summed E-state index contributed by atoms with van der Waals surface area (Å²) in [7, 11) is 0. The zero-order valence-electron chi connectivity index (χ0n) is 16.8. The Balaban J connectivity index is 1.30. The van der Waals surface area contributed by atoms with Gasteiger partial charge in [-0.2, -0.15) is 5.10 Å². The molecule has 0 aliphatic carbocycles. The molecule has 0 unspecified atom stereocenters. The fraction of sp³-hybridized carbons (Fsp3) is 0.381. The minimum absolute atomic E-state index is 0.0368. The number of rotatable bonds is 5. The first-order valence-electron chi connectivity index (χ1n) is 9.86. The highest BCUT2D eigenvalue weighted by molar-refractivity contribution is 7.71. The van der Waals surface area contributed by atoms with Crippen molar-refractivity contribution in [3.8, 4) is 0 Å². The number of nitrogens with one attached hydrogen (secondary N) is 1. The van der Waals surface area contributed by atoms with E-state index in [4.69, 9.17) is 12.2 Å². The summed E-state index contributed by atoms with van der Waals surface area (Å²) in [6.45, 7) is 8.63. The zero-order valence-corrected chi connectivity index (χ0v) is 17.7. The summed E-state index contributed by atoms with van der Waals surface area (Å²) < 4.78 is 4.49. The molecule has 29 heavy (non-hydrogen) atoms. The summed E-state index contributed by atoms with van der Waals surface area (Å²) in [5, 5.41) is 7.64. The number of fused-ring (bicyclic) bond motifs is 1. The average Bonchev–Trinajstić information content (AvgIpc) is 3.03. The maximum absolute atomic E-state index is 12.5. The molecule has 3 heterocycles. The zero-order chi connectivity index (χ0) is 20.4. The highest BCUT2D eigenvalue weighted by Gasteiger charge is 2.20. The van der Waals surface area contributed by atoms with Gasteiger partial charge in [0.05, 0.1) is 13.2 Å². The Labute approximate surface area is 175 Å². The van der Waals surface area contributed by atoms with Gasteiger partial charge in [0.1, 0.15) is 0 Å². The van der Waals surface area contributed by atoms with Crippen LogP contribution in [0.15, 0.2) is 42.6 Å². The van der Waals surface area contributed by atoms with Gasteiger partial charge < -0.3 is 5.32 Å². The molecule has 1 aromatic carbocycles. The van der Waals surface area contributed by atoms with Gasteiger partial charge in [-0.25, -0.2) is 4.68 Å². The number of pyridine rings is 1. The van der Waals surface area contributed by atoms with Crippen molar-refractivity contribution in [2.45, 2.75) is 20.5 Å². The number of anilines is 1. The van der Waals surface area contributed by atoms with E-state index in [1.807, 2.05) is 52.5 Å². The number of nitrogens with zero attached hydrogens (tertiary/aromatic N) is 5. The molecule has 2 aromatic heterocycles. The topological polar surface area (TPSA) is 57.8 Å². The molecule has 8 heteroatoms. The highest BCUT2D eigenvalue weighted by atomic mass is 32.1. The summed E-state index contributed by atoms with van der Waals surface area (Å²) in [5.41, 5.74) is 4.06. The van der Waals surface area contributed by atoms with Gasteiger partial charge >= 0.3 is 0 Å². The molecule has 4 rings (SSSR count). The monoisotopic (exact) mass is 410 g/mol. The van der Waals surface area contributed by atoms with Crippen molar-refractivity contribution < 1.29 is 4.79 Å². The van der Waals surface area contributed by atoms with Crippen molar-refractivity contribution in [3.05, 3.63) is 58.5 Å². The Morgan fingerprint density at radius 3 is 2.59 bits per heavy atom. The molecule has 1 N–H and O–H groups in total. The molecule has 0 radical (unpaired) electrons. The molecule has 0 spiro atoms. The molecule has 0 saturated carbocycles. The van der Waals surface area contributed by atoms with Crippen molar-refractivity contribution in [1.29, 1.82) is 0 Å². The lowest BCUT2D eigenvalue weighted by Gasteiger charge is -2.34. The fourth-order valence-electron chi connectivity index (χ4n) is 3.62. The van der Waals surface area contributed by atoms with Gasteiger partial charge in [0.15, 0.2) is 5.65 Å². The molecule has 1 fully saturated rings. The second-order valence-electron chi connectivity index (χ2n) is 7.54. The van der Waals surface area contributed by atoms with E-state index in [1.165, 1.54) is 5.56 Å². The van der Waals surface area contributed by atoms with E-state index >= 15 is 0 Å². The number of carbonyl (C=O) groups excluding carboxylic acids is 1. The van der Waals surface area contributed by atoms with Gasteiger partial charge in [-0.3, -0.25) is 19.0 Å². The SMILES string of the molecule is Cc1cccc(NC(=O)CN2CCN(Cn3nc4ccccn4c3=S)CC2)c1C. The Morgan fingerprint density at radius 2 is 1.83 bits per heavy atom. The first-order chi connectivity index (χ1) is 14.0. The molecule has 7 nitrogen and oxygen atoms in total. The van der Waals surface area contributed by atoms with Crippen LogP contribution in [0.2, 0.25) is 0 Å². The average molecular weight is 411 g/mol. The van der Waals surface area contributed by atoms with Gasteiger partial charge in [-0.05, 0) is 55.4 Å². The number of aryl methyl sites for hydroxylation is 1. The largest absolute Gasteiger partial charge is 0.325 e. The third kappa shape index (κ3) is 4.39. The molecule has 1 saturated heterocycles. The second kappa shape index (κ2) is 8.44. The molecule has 0 bridgehead atoms. The molecule has 3 aromatic rings. The Kier molecular flexibility index (Phi) is 5.75. The van der Waals surface area contributed by atoms with Crippen LogP contribution < -0.4 is 5.32 Å². The smallest absolute Gasteiger partial charge is 0.238 e. The van der Waals surface area contributed by atoms with Crippen LogP contribution in [0.1, 0.15) is 11.1 Å². The minimum atomic E-state index is 0.0368. The lowest BCUT2D eigenvalue weighted by Crippen LogP contribution is -2.49. The van der Waals surface area contributed by atoms with E-state index in [0.717, 1.165) is 43.1 Å². The summed E-state index contributed by atoms with van der Waals surface area (Å²) >= 11 is 5.53. The van der Waals surface area contributed by atoms with Crippen LogP contribution in [0.5, 0.6) is 0 Å². The normalized spacial score (nSPS) is 15.7. The third-order valence-electron chi connectivity index (χ3n) is 5.53. The van der Waals surface area contributed by atoms with Gasteiger partial charge in [0.25, 0.3) is 0 Å². The van der Waals surface area contributed by atoms with E-state index in [2.05, 4.69) is 33.2 Å². The predicted octanol–water partition coefficient (Wildman–Crippen LogP) is 2.70. The Hall–Kier alpha value is -2.55. The number of carbonyl (C=O) groups is 1. The number of amides is 1. The number of piperazine rings is 1. The van der Waals surface area contributed by atoms with E-state index < -0.39 is 0 Å². The maximum atomic E-state index is 12.5. The van der Waals surface area contributed by atoms with Crippen molar-refractivity contribution in [2.75, 3.05) is 38.0 Å². The quantitative estimate of drug-likeness (QED) is 0.656. The van der Waals surface area contributed by atoms with Crippen molar-refractivity contribution >= 4 is 29.5 Å². The van der Waals surface area contributed by atoms with Gasteiger partial charge in [0, 0.05) is 38.1 Å². The van der Waals surface area contributed by atoms with Crippen LogP contribution in [0.4, 0.5) is 5.69 Å². The van der Waals surface area contributed by atoms with E-state index in [1.54, 1.807) is 0 Å². The van der Waals surface area contributed by atoms with Gasteiger partial charge in [-0.15, -0.1) is 0 Å². The van der Waals surface area contributed by atoms with Gasteiger partial charge in [0.2, 0.25) is 10.7 Å². The van der Waals surface area contributed by atoms with E-state index in [9.17, 15) is 4.79 Å². The molecule has 1 aliphatic heterocycles. The van der Waals surface area contributed by atoms with Crippen molar-refractivity contribution in [3.63, 3.8) is 0 Å². The predicted molar refractivity (Wildman–Crippen MR) is 117 cm³/mol. The van der Waals surface area contributed by atoms with Crippen molar-refractivity contribution in [2.24, 2.45) is 0 Å². The van der Waals surface area contributed by atoms with Crippen LogP contribution in [-0.2, 0) is 11.5 Å². The van der Waals surface area contributed by atoms with E-state index in [-0.39, 0.29) is 5.91 Å². The molecular weight excluding hydrogens is 384 g/mol. The number of benzene rings is 1. The maximum Gasteiger partial charge on any atom is 0.238 e. The molecule has 0 atom stereocenters. The fourth-order valence-corrected chi connectivity index (χ4v) is 3.87. The first kappa shape index (κ1) is 19.8. The summed E-state index contributed by atoms with van der Waals surface area (Å²) in [5.74, 6) is 0.0368. The molecule has 1 amide bonds. The standard InChI is InChI=1S/C21H26N6OS/c1-16-6-5-7-18(17(16)2)22-20(28)14-24-10-12-25(13-11-24)15-27-21(29)26-9-4-3-8-19(26)23-27/h3-9H,10-15H2,1-2H3,(H,22,28). The molecular formula is C21H26N6OS. The number of hydrogen-bond acceptors (Lipinski definition) is 5. The van der Waals surface area contributed by atoms with Crippen LogP contribution in [0.3, 0.4) is 0 Å². The Morgan fingerprint density at radius 1 is 1.07 bits per heavy atom. The lowest BCUT2D eigenvalue weighted by atomic mass is 10.1.